The number of likely N-dealkylation sites (tertiary alicyclic amines) is 1. The molecular formula is C16H22FN7. The van der Waals surface area contributed by atoms with Crippen LogP contribution in [0.5, 0.6) is 0 Å². The molecule has 1 aromatic carbocycles. The van der Waals surface area contributed by atoms with Crippen LogP contribution in [0.1, 0.15) is 19.3 Å². The van der Waals surface area contributed by atoms with Gasteiger partial charge in [-0.15, -0.1) is 5.10 Å². The highest BCUT2D eigenvalue weighted by Gasteiger charge is 2.32. The normalized spacial score (nSPS) is 21.7. The van der Waals surface area contributed by atoms with E-state index < -0.39 is 0 Å². The number of benzene rings is 1. The van der Waals surface area contributed by atoms with E-state index in [0.29, 0.717) is 17.4 Å². The molecule has 2 aliphatic heterocycles. The van der Waals surface area contributed by atoms with E-state index in [1.54, 1.807) is 12.1 Å². The Morgan fingerprint density at radius 3 is 2.62 bits per heavy atom. The second kappa shape index (κ2) is 5.94. The van der Waals surface area contributed by atoms with E-state index in [9.17, 15) is 4.39 Å². The van der Waals surface area contributed by atoms with Crippen LogP contribution < -0.4 is 16.4 Å². The van der Waals surface area contributed by atoms with E-state index in [-0.39, 0.29) is 17.7 Å². The van der Waals surface area contributed by atoms with Gasteiger partial charge in [0.25, 0.3) is 0 Å². The fourth-order valence-electron chi connectivity index (χ4n) is 3.86. The summed E-state index contributed by atoms with van der Waals surface area (Å²) < 4.78 is 16.1. The van der Waals surface area contributed by atoms with Gasteiger partial charge in [0.05, 0.1) is 11.4 Å². The molecule has 2 aliphatic rings. The fraction of sp³-hybridized carbons (Fsp3) is 0.500. The molecule has 0 aliphatic carbocycles. The lowest BCUT2D eigenvalue weighted by molar-refractivity contribution is 0.260. The van der Waals surface area contributed by atoms with Crippen molar-refractivity contribution in [3.63, 3.8) is 0 Å². The summed E-state index contributed by atoms with van der Waals surface area (Å²) >= 11 is 0. The standard InChI is InChI=1S/C16H22FN7/c17-12-4-3-5-13(24-16(19)20-15(18)21-24)14(12)23-9-6-11(10-23)22-7-1-2-8-22/h3-5,11H,1-2,6-10H2,(H4,18,19,20,21). The van der Waals surface area contributed by atoms with Gasteiger partial charge in [0, 0.05) is 19.1 Å². The minimum Gasteiger partial charge on any atom is -0.368 e. The van der Waals surface area contributed by atoms with Gasteiger partial charge < -0.3 is 16.4 Å². The molecule has 7 nitrogen and oxygen atoms in total. The molecule has 2 fully saturated rings. The summed E-state index contributed by atoms with van der Waals surface area (Å²) in [7, 11) is 0. The van der Waals surface area contributed by atoms with Crippen LogP contribution in [-0.2, 0) is 0 Å². The first-order chi connectivity index (χ1) is 11.6. The summed E-state index contributed by atoms with van der Waals surface area (Å²) in [5.74, 6) is -0.0308. The molecular weight excluding hydrogens is 309 g/mol. The van der Waals surface area contributed by atoms with Crippen molar-refractivity contribution in [3.8, 4) is 5.69 Å². The predicted octanol–water partition coefficient (Wildman–Crippen LogP) is 1.25. The number of hydrogen-bond donors (Lipinski definition) is 2. The van der Waals surface area contributed by atoms with Gasteiger partial charge in [-0.2, -0.15) is 9.67 Å². The third kappa shape index (κ3) is 2.56. The zero-order chi connectivity index (χ0) is 16.7. The highest BCUT2D eigenvalue weighted by atomic mass is 19.1. The van der Waals surface area contributed by atoms with Gasteiger partial charge >= 0.3 is 0 Å². The molecule has 4 rings (SSSR count). The summed E-state index contributed by atoms with van der Waals surface area (Å²) in [5.41, 5.74) is 12.6. The van der Waals surface area contributed by atoms with E-state index >= 15 is 0 Å². The van der Waals surface area contributed by atoms with Crippen LogP contribution in [-0.4, -0.2) is 51.9 Å². The highest BCUT2D eigenvalue weighted by Crippen LogP contribution is 2.33. The average Bonchev–Trinajstić information content (AvgIpc) is 3.27. The molecule has 1 unspecified atom stereocenters. The first kappa shape index (κ1) is 15.2. The lowest BCUT2D eigenvalue weighted by Gasteiger charge is -2.26. The Balaban J connectivity index is 1.67. The smallest absolute Gasteiger partial charge is 0.241 e. The van der Waals surface area contributed by atoms with Crippen molar-refractivity contribution in [2.24, 2.45) is 0 Å². The van der Waals surface area contributed by atoms with Crippen molar-refractivity contribution in [1.29, 1.82) is 0 Å². The summed E-state index contributed by atoms with van der Waals surface area (Å²) in [6, 6.07) is 5.41. The molecule has 0 saturated carbocycles. The van der Waals surface area contributed by atoms with Gasteiger partial charge in [-0.3, -0.25) is 4.90 Å². The maximum absolute atomic E-state index is 14.6. The number of halogens is 1. The molecule has 0 radical (unpaired) electrons. The summed E-state index contributed by atoms with van der Waals surface area (Å²) in [4.78, 5) is 8.53. The van der Waals surface area contributed by atoms with Gasteiger partial charge in [-0.05, 0) is 44.5 Å². The van der Waals surface area contributed by atoms with Crippen molar-refractivity contribution in [2.45, 2.75) is 25.3 Å². The van der Waals surface area contributed by atoms with Crippen molar-refractivity contribution < 1.29 is 4.39 Å². The molecule has 0 spiro atoms. The van der Waals surface area contributed by atoms with Gasteiger partial charge in [-0.25, -0.2) is 4.39 Å². The zero-order valence-corrected chi connectivity index (χ0v) is 13.5. The highest BCUT2D eigenvalue weighted by molar-refractivity contribution is 5.65. The number of para-hydroxylation sites is 1. The topological polar surface area (TPSA) is 89.2 Å². The molecule has 0 amide bonds. The van der Waals surface area contributed by atoms with Crippen LogP contribution >= 0.6 is 0 Å². The predicted molar refractivity (Wildman–Crippen MR) is 91.6 cm³/mol. The number of nitrogens with zero attached hydrogens (tertiary/aromatic N) is 5. The fourth-order valence-corrected chi connectivity index (χ4v) is 3.86. The van der Waals surface area contributed by atoms with Gasteiger partial charge in [0.2, 0.25) is 11.9 Å². The van der Waals surface area contributed by atoms with Crippen LogP contribution in [0.15, 0.2) is 18.2 Å². The van der Waals surface area contributed by atoms with Gasteiger partial charge in [-0.1, -0.05) is 6.07 Å². The molecule has 128 valence electrons. The molecule has 3 heterocycles. The van der Waals surface area contributed by atoms with Crippen LogP contribution in [0.3, 0.4) is 0 Å². The van der Waals surface area contributed by atoms with Crippen molar-refractivity contribution >= 4 is 17.6 Å². The Labute approximate surface area is 140 Å². The Morgan fingerprint density at radius 1 is 1.12 bits per heavy atom. The molecule has 2 saturated heterocycles. The quantitative estimate of drug-likeness (QED) is 0.880. The molecule has 1 aromatic heterocycles. The van der Waals surface area contributed by atoms with Crippen molar-refractivity contribution in [2.75, 3.05) is 42.5 Å². The summed E-state index contributed by atoms with van der Waals surface area (Å²) in [5, 5.41) is 4.10. The van der Waals surface area contributed by atoms with Gasteiger partial charge in [0.1, 0.15) is 5.82 Å². The van der Waals surface area contributed by atoms with E-state index in [1.807, 2.05) is 0 Å². The van der Waals surface area contributed by atoms with Crippen molar-refractivity contribution in [3.05, 3.63) is 24.0 Å². The third-order valence-corrected chi connectivity index (χ3v) is 4.98. The van der Waals surface area contributed by atoms with E-state index in [1.165, 1.54) is 23.6 Å². The molecule has 4 N–H and O–H groups in total. The van der Waals surface area contributed by atoms with Crippen LogP contribution in [0.2, 0.25) is 0 Å². The average molecular weight is 331 g/mol. The Kier molecular flexibility index (Phi) is 3.76. The molecule has 2 aromatic rings. The second-order valence-corrected chi connectivity index (χ2v) is 6.48. The monoisotopic (exact) mass is 331 g/mol. The first-order valence-corrected chi connectivity index (χ1v) is 8.39. The Bertz CT molecular complexity index is 738. The lowest BCUT2D eigenvalue weighted by Crippen LogP contribution is -2.35. The summed E-state index contributed by atoms with van der Waals surface area (Å²) in [6.07, 6.45) is 3.56. The Morgan fingerprint density at radius 2 is 1.92 bits per heavy atom. The third-order valence-electron chi connectivity index (χ3n) is 4.98. The maximum atomic E-state index is 14.6. The minimum atomic E-state index is -0.275. The van der Waals surface area contributed by atoms with E-state index in [0.717, 1.165) is 32.6 Å². The number of hydrogen-bond acceptors (Lipinski definition) is 6. The number of anilines is 3. The van der Waals surface area contributed by atoms with Crippen LogP contribution in [0.25, 0.3) is 5.69 Å². The minimum absolute atomic E-state index is 0.0825. The maximum Gasteiger partial charge on any atom is 0.241 e. The summed E-state index contributed by atoms with van der Waals surface area (Å²) in [6.45, 7) is 3.93. The Hall–Kier alpha value is -2.35. The first-order valence-electron chi connectivity index (χ1n) is 8.39. The van der Waals surface area contributed by atoms with Crippen molar-refractivity contribution in [1.82, 2.24) is 19.7 Å². The number of aromatic nitrogens is 3. The van der Waals surface area contributed by atoms with Gasteiger partial charge in [0.15, 0.2) is 0 Å². The second-order valence-electron chi connectivity index (χ2n) is 6.48. The molecule has 8 heteroatoms. The van der Waals surface area contributed by atoms with E-state index in [4.69, 9.17) is 11.5 Å². The number of nitrogen functional groups attached to an aromatic ring is 2. The molecule has 24 heavy (non-hydrogen) atoms. The molecule has 0 bridgehead atoms. The van der Waals surface area contributed by atoms with Crippen LogP contribution in [0.4, 0.5) is 22.0 Å². The zero-order valence-electron chi connectivity index (χ0n) is 13.5. The molecule has 1 atom stereocenters. The largest absolute Gasteiger partial charge is 0.368 e. The van der Waals surface area contributed by atoms with Crippen LogP contribution in [0, 0.1) is 5.82 Å². The van der Waals surface area contributed by atoms with E-state index in [2.05, 4.69) is 19.9 Å². The number of rotatable bonds is 3. The lowest BCUT2D eigenvalue weighted by atomic mass is 10.2. The SMILES string of the molecule is Nc1nc(N)n(-c2cccc(F)c2N2CCC(N3CCCC3)C2)n1. The number of nitrogens with two attached hydrogens (primary N) is 2.